The van der Waals surface area contributed by atoms with E-state index >= 15 is 0 Å². The van der Waals surface area contributed by atoms with E-state index in [1.807, 2.05) is 0 Å². The zero-order valence-corrected chi connectivity index (χ0v) is 25.5. The predicted octanol–water partition coefficient (Wildman–Crippen LogP) is 0.502. The molecule has 0 bridgehead atoms. The maximum atomic E-state index is 2.54. The Morgan fingerprint density at radius 1 is 0.581 bits per heavy atom. The van der Waals surface area contributed by atoms with E-state index in [1.54, 1.807) is 10.4 Å². The SMILES string of the molecule is C[Si]1([c-]2ccc3ccccc32)CCC1.C[Si]1([c-]2ccc3ccccc32)CCC1.[Cl-].[Cl-].[Hf+4]. The molecule has 6 rings (SSSR count). The molecule has 5 heteroatoms. The van der Waals surface area contributed by atoms with Gasteiger partial charge >= 0.3 is 25.8 Å². The first-order chi connectivity index (χ1) is 13.6. The predicted molar refractivity (Wildman–Crippen MR) is 130 cm³/mol. The number of fused-ring (bicyclic) bond motifs is 2. The van der Waals surface area contributed by atoms with E-state index in [0.717, 1.165) is 0 Å². The maximum Gasteiger partial charge on any atom is 4.00 e. The minimum Gasteiger partial charge on any atom is -1.00 e. The Hall–Kier alpha value is -0.456. The standard InChI is InChI=1S/2C13H15Si.2ClH.Hf/c2*1-14(9-4-10-14)13-8-7-11-5-2-3-6-12(11)13;;;/h2*2-3,5-8H,4,9-10H2,1H3;2*1H;/q2*-1;;;+4/p-2. The molecule has 0 unspecified atom stereocenters. The van der Waals surface area contributed by atoms with Crippen molar-refractivity contribution >= 4 is 48.1 Å². The minimum atomic E-state index is -0.985. The molecule has 0 aromatic heterocycles. The Labute approximate surface area is 220 Å². The third-order valence-corrected chi connectivity index (χ3v) is 16.9. The van der Waals surface area contributed by atoms with Gasteiger partial charge in [0.2, 0.25) is 0 Å². The van der Waals surface area contributed by atoms with Crippen LogP contribution in [0.15, 0.2) is 72.8 Å². The van der Waals surface area contributed by atoms with Gasteiger partial charge in [-0.2, -0.15) is 24.3 Å². The molecular formula is C26H30Cl2HfSi2. The van der Waals surface area contributed by atoms with Crippen molar-refractivity contribution in [2.45, 2.75) is 50.1 Å². The van der Waals surface area contributed by atoms with Gasteiger partial charge in [-0.05, 0) is 0 Å². The van der Waals surface area contributed by atoms with Gasteiger partial charge < -0.3 is 24.8 Å². The molecule has 4 aromatic carbocycles. The average molecular weight is 648 g/mol. The molecule has 0 radical (unpaired) electrons. The summed E-state index contributed by atoms with van der Waals surface area (Å²) in [4.78, 5) is 0. The van der Waals surface area contributed by atoms with Crippen LogP contribution in [0.2, 0.25) is 37.3 Å². The first kappa shape index (κ1) is 26.8. The molecule has 31 heavy (non-hydrogen) atoms. The summed E-state index contributed by atoms with van der Waals surface area (Å²) in [6.45, 7) is 5.08. The molecule has 0 N–H and O–H groups in total. The monoisotopic (exact) mass is 648 g/mol. The summed E-state index contributed by atoms with van der Waals surface area (Å²) < 4.78 is 0. The van der Waals surface area contributed by atoms with Crippen molar-refractivity contribution in [3.63, 3.8) is 0 Å². The number of halogens is 2. The van der Waals surface area contributed by atoms with E-state index in [4.69, 9.17) is 0 Å². The van der Waals surface area contributed by atoms with Gasteiger partial charge in [-0.25, -0.2) is 0 Å². The molecule has 0 atom stereocenters. The van der Waals surface area contributed by atoms with Crippen LogP contribution in [-0.2, 0) is 25.8 Å². The van der Waals surface area contributed by atoms with E-state index in [-0.39, 0.29) is 50.7 Å². The maximum absolute atomic E-state index is 2.54. The molecule has 2 fully saturated rings. The van der Waals surface area contributed by atoms with Crippen molar-refractivity contribution < 1.29 is 50.7 Å². The number of rotatable bonds is 2. The molecule has 2 saturated heterocycles. The molecule has 0 spiro atoms. The summed E-state index contributed by atoms with van der Waals surface area (Å²) in [6, 6.07) is 33.0. The van der Waals surface area contributed by atoms with Crippen molar-refractivity contribution in [2.24, 2.45) is 0 Å². The van der Waals surface area contributed by atoms with Crippen LogP contribution < -0.4 is 35.2 Å². The molecule has 0 nitrogen and oxygen atoms in total. The summed E-state index contributed by atoms with van der Waals surface area (Å²) in [5.41, 5.74) is 0. The third-order valence-electron chi connectivity index (χ3n) is 7.58. The van der Waals surface area contributed by atoms with E-state index in [9.17, 15) is 0 Å². The minimum absolute atomic E-state index is 0. The van der Waals surface area contributed by atoms with Gasteiger partial charge in [-0.1, -0.05) is 62.2 Å². The van der Waals surface area contributed by atoms with E-state index in [1.165, 1.54) is 58.6 Å². The molecule has 0 saturated carbocycles. The van der Waals surface area contributed by atoms with Crippen LogP contribution >= 0.6 is 0 Å². The number of hydrogen-bond donors (Lipinski definition) is 0. The van der Waals surface area contributed by atoms with Crippen molar-refractivity contribution in [2.75, 3.05) is 0 Å². The summed E-state index contributed by atoms with van der Waals surface area (Å²) in [7, 11) is -1.97. The van der Waals surface area contributed by atoms with Crippen LogP contribution in [0.3, 0.4) is 0 Å². The van der Waals surface area contributed by atoms with Crippen LogP contribution in [0.4, 0.5) is 0 Å². The first-order valence-electron chi connectivity index (χ1n) is 10.9. The molecular weight excluding hydrogens is 618 g/mol. The van der Waals surface area contributed by atoms with E-state index in [0.29, 0.717) is 0 Å². The fraction of sp³-hybridized carbons (Fsp3) is 0.308. The van der Waals surface area contributed by atoms with Crippen molar-refractivity contribution in [1.82, 2.24) is 0 Å². The average Bonchev–Trinajstić information content (AvgIpc) is 3.29. The van der Waals surface area contributed by atoms with Gasteiger partial charge in [0.15, 0.2) is 0 Å². The molecule has 4 aromatic rings. The van der Waals surface area contributed by atoms with Crippen LogP contribution in [-0.4, -0.2) is 16.1 Å². The Bertz CT molecular complexity index is 1030. The van der Waals surface area contributed by atoms with Crippen LogP contribution in [0.1, 0.15) is 12.8 Å². The second-order valence-electron chi connectivity index (χ2n) is 9.50. The summed E-state index contributed by atoms with van der Waals surface area (Å²) >= 11 is 0. The van der Waals surface area contributed by atoms with Crippen molar-refractivity contribution in [3.8, 4) is 0 Å². The van der Waals surface area contributed by atoms with Crippen LogP contribution in [0.5, 0.6) is 0 Å². The van der Waals surface area contributed by atoms with Gasteiger partial charge in [0.1, 0.15) is 0 Å². The Morgan fingerprint density at radius 2 is 0.935 bits per heavy atom. The second kappa shape index (κ2) is 10.6. The summed E-state index contributed by atoms with van der Waals surface area (Å²) in [6.07, 6.45) is 2.92. The fourth-order valence-corrected chi connectivity index (χ4v) is 11.9. The van der Waals surface area contributed by atoms with Gasteiger partial charge in [0.05, 0.1) is 0 Å². The van der Waals surface area contributed by atoms with Crippen molar-refractivity contribution in [3.05, 3.63) is 72.8 Å². The smallest absolute Gasteiger partial charge is 1.00 e. The van der Waals surface area contributed by atoms with Crippen LogP contribution in [0.25, 0.3) is 21.5 Å². The normalized spacial score (nSPS) is 17.6. The van der Waals surface area contributed by atoms with Gasteiger partial charge in [0, 0.05) is 16.1 Å². The second-order valence-corrected chi connectivity index (χ2v) is 18.8. The van der Waals surface area contributed by atoms with Gasteiger partial charge in [-0.3, -0.25) is 0 Å². The molecule has 2 aliphatic rings. The van der Waals surface area contributed by atoms with Crippen LogP contribution in [0, 0.1) is 0 Å². The molecule has 0 aliphatic carbocycles. The Kier molecular flexibility index (Phi) is 9.20. The number of benzene rings is 2. The molecule has 2 heterocycles. The van der Waals surface area contributed by atoms with E-state index in [2.05, 4.69) is 85.9 Å². The number of hydrogen-bond acceptors (Lipinski definition) is 0. The summed E-state index contributed by atoms with van der Waals surface area (Å²) in [5, 5.41) is 9.34. The topological polar surface area (TPSA) is 0 Å². The molecule has 0 amide bonds. The molecule has 160 valence electrons. The quantitative estimate of drug-likeness (QED) is 0.220. The largest absolute Gasteiger partial charge is 4.00 e. The molecule has 2 aliphatic heterocycles. The Balaban J connectivity index is 0.000000201. The zero-order chi connectivity index (χ0) is 19.2. The first-order valence-corrected chi connectivity index (χ1v) is 16.7. The van der Waals surface area contributed by atoms with Gasteiger partial charge in [-0.15, -0.1) is 68.3 Å². The third kappa shape index (κ3) is 4.91. The van der Waals surface area contributed by atoms with E-state index < -0.39 is 16.1 Å². The fourth-order valence-electron chi connectivity index (χ4n) is 5.31. The van der Waals surface area contributed by atoms with Gasteiger partial charge in [0.25, 0.3) is 0 Å². The summed E-state index contributed by atoms with van der Waals surface area (Å²) in [5.74, 6) is 0. The zero-order valence-electron chi connectivity index (χ0n) is 18.4. The van der Waals surface area contributed by atoms with Crippen molar-refractivity contribution in [1.29, 1.82) is 0 Å². The Morgan fingerprint density at radius 3 is 1.26 bits per heavy atom.